The van der Waals surface area contributed by atoms with Crippen molar-refractivity contribution in [2.75, 3.05) is 7.11 Å². The fraction of sp³-hybridized carbons (Fsp3) is 0.120. The van der Waals surface area contributed by atoms with E-state index in [1.807, 2.05) is 25.1 Å². The molecule has 5 nitrogen and oxygen atoms in total. The molecule has 0 bridgehead atoms. The van der Waals surface area contributed by atoms with Crippen molar-refractivity contribution in [1.29, 1.82) is 0 Å². The zero-order valence-corrected chi connectivity index (χ0v) is 21.4. The number of hydrogen-bond donors (Lipinski definition) is 0. The van der Waals surface area contributed by atoms with E-state index in [1.54, 1.807) is 36.4 Å². The molecule has 0 aliphatic carbocycles. The maximum absolute atomic E-state index is 13.9. The molecule has 0 atom stereocenters. The van der Waals surface area contributed by atoms with E-state index in [4.69, 9.17) is 14.2 Å². The molecule has 33 heavy (non-hydrogen) atoms. The molecule has 0 aromatic heterocycles. The van der Waals surface area contributed by atoms with Crippen molar-refractivity contribution in [3.8, 4) is 11.5 Å². The number of esters is 1. The summed E-state index contributed by atoms with van der Waals surface area (Å²) in [7, 11) is 1.51. The van der Waals surface area contributed by atoms with E-state index in [0.29, 0.717) is 27.1 Å². The highest BCUT2D eigenvalue weighted by molar-refractivity contribution is 14.1. The molecule has 0 fully saturated rings. The summed E-state index contributed by atoms with van der Waals surface area (Å²) in [6, 6.07) is 15.6. The molecule has 3 aromatic carbocycles. The standard InChI is InChI=1S/C25H18BrFINO4/c1-14-9-16(7-8-20(14)28)24-29-21(25(30)33-24)11-15-10-18(26)23(22(12-15)31-2)32-13-17-5-3-4-6-19(17)27/h3-12H,13H2,1-2H3/b21-11-. The molecule has 0 amide bonds. The number of ether oxygens (including phenoxy) is 3. The van der Waals surface area contributed by atoms with Crippen LogP contribution in [-0.4, -0.2) is 19.0 Å². The summed E-state index contributed by atoms with van der Waals surface area (Å²) in [5.74, 6) is 0.246. The lowest BCUT2D eigenvalue weighted by Gasteiger charge is -2.14. The maximum atomic E-state index is 13.9. The number of hydrogen-bond acceptors (Lipinski definition) is 5. The average Bonchev–Trinajstić information content (AvgIpc) is 3.15. The molecule has 1 heterocycles. The van der Waals surface area contributed by atoms with Gasteiger partial charge in [-0.1, -0.05) is 18.2 Å². The third-order valence-corrected chi connectivity index (χ3v) is 6.71. The maximum Gasteiger partial charge on any atom is 0.363 e. The van der Waals surface area contributed by atoms with Gasteiger partial charge in [0.15, 0.2) is 17.2 Å². The van der Waals surface area contributed by atoms with Gasteiger partial charge in [0.25, 0.3) is 0 Å². The molecule has 3 aromatic rings. The summed E-state index contributed by atoms with van der Waals surface area (Å²) < 4.78 is 32.3. The van der Waals surface area contributed by atoms with E-state index in [1.165, 1.54) is 13.2 Å². The Labute approximate surface area is 212 Å². The van der Waals surface area contributed by atoms with E-state index in [0.717, 1.165) is 14.7 Å². The monoisotopic (exact) mass is 621 g/mol. The van der Waals surface area contributed by atoms with Crippen LogP contribution in [-0.2, 0) is 16.1 Å². The van der Waals surface area contributed by atoms with Gasteiger partial charge in [-0.2, -0.15) is 0 Å². The van der Waals surface area contributed by atoms with Gasteiger partial charge in [0, 0.05) is 14.7 Å². The minimum absolute atomic E-state index is 0.0392. The van der Waals surface area contributed by atoms with Gasteiger partial charge in [0.05, 0.1) is 11.6 Å². The zero-order valence-electron chi connectivity index (χ0n) is 17.7. The molecule has 8 heteroatoms. The Bertz CT molecular complexity index is 1310. The SMILES string of the molecule is COc1cc(/C=C2\N=C(c3ccc(I)c(C)c3)OC2=O)cc(Br)c1OCc1ccccc1F. The molecule has 0 unspecified atom stereocenters. The third kappa shape index (κ3) is 5.27. The molecular formula is C25H18BrFINO4. The van der Waals surface area contributed by atoms with Crippen LogP contribution in [0.4, 0.5) is 4.39 Å². The van der Waals surface area contributed by atoms with Gasteiger partial charge in [-0.25, -0.2) is 14.2 Å². The van der Waals surface area contributed by atoms with Crippen molar-refractivity contribution in [2.24, 2.45) is 4.99 Å². The molecule has 0 spiro atoms. The van der Waals surface area contributed by atoms with Crippen molar-refractivity contribution < 1.29 is 23.4 Å². The van der Waals surface area contributed by atoms with Crippen LogP contribution in [0.15, 0.2) is 69.8 Å². The van der Waals surface area contributed by atoms with E-state index in [2.05, 4.69) is 43.5 Å². The largest absolute Gasteiger partial charge is 0.493 e. The van der Waals surface area contributed by atoms with Crippen molar-refractivity contribution in [1.82, 2.24) is 0 Å². The van der Waals surface area contributed by atoms with Crippen LogP contribution >= 0.6 is 38.5 Å². The second-order valence-corrected chi connectivity index (χ2v) is 9.23. The molecule has 0 saturated carbocycles. The predicted octanol–water partition coefficient (Wildman–Crippen LogP) is 6.43. The van der Waals surface area contributed by atoms with Crippen molar-refractivity contribution in [3.05, 3.63) is 96.4 Å². The minimum atomic E-state index is -0.531. The zero-order chi connectivity index (χ0) is 23.5. The van der Waals surface area contributed by atoms with E-state index in [-0.39, 0.29) is 24.0 Å². The van der Waals surface area contributed by atoms with Crippen molar-refractivity contribution in [2.45, 2.75) is 13.5 Å². The number of cyclic esters (lactones) is 1. The Morgan fingerprint density at radius 2 is 1.97 bits per heavy atom. The molecular weight excluding hydrogens is 604 g/mol. The molecule has 1 aliphatic rings. The lowest BCUT2D eigenvalue weighted by Crippen LogP contribution is -2.05. The number of halogens is 3. The number of rotatable bonds is 6. The fourth-order valence-electron chi connectivity index (χ4n) is 3.20. The van der Waals surface area contributed by atoms with Crippen molar-refractivity contribution in [3.63, 3.8) is 0 Å². The summed E-state index contributed by atoms with van der Waals surface area (Å²) in [6.07, 6.45) is 1.61. The van der Waals surface area contributed by atoms with Gasteiger partial charge in [-0.05, 0) is 99.0 Å². The van der Waals surface area contributed by atoms with Gasteiger partial charge in [0.2, 0.25) is 5.90 Å². The minimum Gasteiger partial charge on any atom is -0.493 e. The van der Waals surface area contributed by atoms with Gasteiger partial charge in [-0.3, -0.25) is 0 Å². The van der Waals surface area contributed by atoms with Crippen molar-refractivity contribution >= 4 is 56.5 Å². The van der Waals surface area contributed by atoms with Gasteiger partial charge in [-0.15, -0.1) is 0 Å². The van der Waals surface area contributed by atoms with Crippen LogP contribution in [0.1, 0.15) is 22.3 Å². The van der Waals surface area contributed by atoms with Crippen LogP contribution in [0.2, 0.25) is 0 Å². The molecule has 1 aliphatic heterocycles. The van der Waals surface area contributed by atoms with Crippen LogP contribution < -0.4 is 9.47 Å². The number of aryl methyl sites for hydroxylation is 1. The first-order valence-corrected chi connectivity index (χ1v) is 11.8. The second kappa shape index (κ2) is 10.0. The Morgan fingerprint density at radius 3 is 2.70 bits per heavy atom. The Morgan fingerprint density at radius 1 is 1.18 bits per heavy atom. The summed E-state index contributed by atoms with van der Waals surface area (Å²) in [5.41, 5.74) is 3.08. The average molecular weight is 622 g/mol. The van der Waals surface area contributed by atoms with Crippen LogP contribution in [0.5, 0.6) is 11.5 Å². The fourth-order valence-corrected chi connectivity index (χ4v) is 4.11. The number of aliphatic imine (C=N–C) groups is 1. The lowest BCUT2D eigenvalue weighted by molar-refractivity contribution is -0.129. The second-order valence-electron chi connectivity index (χ2n) is 7.21. The third-order valence-electron chi connectivity index (χ3n) is 4.91. The summed E-state index contributed by atoms with van der Waals surface area (Å²) in [6.45, 7) is 2.02. The Kier molecular flexibility index (Phi) is 7.14. The molecule has 0 radical (unpaired) electrons. The molecule has 0 saturated heterocycles. The van der Waals surface area contributed by atoms with Crippen LogP contribution in [0, 0.1) is 16.3 Å². The normalized spacial score (nSPS) is 14.3. The van der Waals surface area contributed by atoms with Gasteiger partial charge in [0.1, 0.15) is 12.4 Å². The number of carbonyl (C=O) groups is 1. The van der Waals surface area contributed by atoms with Crippen LogP contribution in [0.3, 0.4) is 0 Å². The smallest absolute Gasteiger partial charge is 0.363 e. The first-order valence-electron chi connectivity index (χ1n) is 9.88. The Balaban J connectivity index is 1.60. The topological polar surface area (TPSA) is 57.1 Å². The molecule has 0 N–H and O–H groups in total. The van der Waals surface area contributed by atoms with E-state index >= 15 is 0 Å². The number of benzene rings is 3. The quantitative estimate of drug-likeness (QED) is 0.181. The number of carbonyl (C=O) groups excluding carboxylic acids is 1. The highest BCUT2D eigenvalue weighted by Gasteiger charge is 2.25. The highest BCUT2D eigenvalue weighted by atomic mass is 127. The summed E-state index contributed by atoms with van der Waals surface area (Å²) in [4.78, 5) is 16.8. The van der Waals surface area contributed by atoms with Gasteiger partial charge < -0.3 is 14.2 Å². The first kappa shape index (κ1) is 23.4. The summed E-state index contributed by atoms with van der Waals surface area (Å²) in [5, 5.41) is 0. The Hall–Kier alpha value is -2.72. The molecule has 4 rings (SSSR count). The number of nitrogens with zero attached hydrogens (tertiary/aromatic N) is 1. The number of methoxy groups -OCH3 is 1. The highest BCUT2D eigenvalue weighted by Crippen LogP contribution is 2.38. The van der Waals surface area contributed by atoms with Crippen LogP contribution in [0.25, 0.3) is 6.08 Å². The van der Waals surface area contributed by atoms with E-state index < -0.39 is 5.97 Å². The summed E-state index contributed by atoms with van der Waals surface area (Å²) >= 11 is 5.72. The predicted molar refractivity (Wildman–Crippen MR) is 136 cm³/mol. The first-order chi connectivity index (χ1) is 15.9. The van der Waals surface area contributed by atoms with Gasteiger partial charge >= 0.3 is 5.97 Å². The molecule has 168 valence electrons. The lowest BCUT2D eigenvalue weighted by atomic mass is 10.1. The van der Waals surface area contributed by atoms with E-state index in [9.17, 15) is 9.18 Å².